The molecule has 0 saturated carbocycles. The van der Waals surface area contributed by atoms with Gasteiger partial charge in [0, 0.05) is 0 Å². The van der Waals surface area contributed by atoms with Crippen LogP contribution >= 0.6 is 0 Å². The van der Waals surface area contributed by atoms with Gasteiger partial charge in [-0.1, -0.05) is 79.0 Å². The second-order valence-electron chi connectivity index (χ2n) is 8.46. The molecule has 0 radical (unpaired) electrons. The van der Waals surface area contributed by atoms with Gasteiger partial charge in [0.2, 0.25) is 0 Å². The molecule has 21 heavy (non-hydrogen) atoms. The molecule has 0 bridgehead atoms. The summed E-state index contributed by atoms with van der Waals surface area (Å²) in [5, 5.41) is 10.6. The molecule has 0 heterocycles. The Kier molecular flexibility index (Phi) is 6.31. The Morgan fingerprint density at radius 1 is 0.905 bits per heavy atom. The standard InChI is InChI=1S/C20H34O/c1-7-8-9-13-20(5,6)15-17-12-10-11-16(18(17)21)14-19(2,3)4/h10-12,21H,7-9,13-15H2,1-6H3. The number of aromatic hydroxyl groups is 1. The molecule has 1 rings (SSSR count). The molecular weight excluding hydrogens is 256 g/mol. The molecule has 0 aromatic heterocycles. The number of hydrogen-bond donors (Lipinski definition) is 1. The third kappa shape index (κ3) is 6.54. The molecular formula is C20H34O. The fraction of sp³-hybridized carbons (Fsp3) is 0.700. The molecule has 0 unspecified atom stereocenters. The Balaban J connectivity index is 2.81. The molecule has 1 aromatic carbocycles. The molecule has 1 heteroatoms. The molecule has 120 valence electrons. The van der Waals surface area contributed by atoms with Crippen LogP contribution in [0.5, 0.6) is 5.75 Å². The normalized spacial score (nSPS) is 12.7. The van der Waals surface area contributed by atoms with E-state index in [9.17, 15) is 5.11 Å². The van der Waals surface area contributed by atoms with Crippen molar-refractivity contribution < 1.29 is 5.11 Å². The maximum absolute atomic E-state index is 10.6. The van der Waals surface area contributed by atoms with Crippen molar-refractivity contribution >= 4 is 0 Å². The highest BCUT2D eigenvalue weighted by Gasteiger charge is 2.22. The predicted molar refractivity (Wildman–Crippen MR) is 92.9 cm³/mol. The number of unbranched alkanes of at least 4 members (excludes halogenated alkanes) is 2. The number of rotatable bonds is 7. The highest BCUT2D eigenvalue weighted by atomic mass is 16.3. The number of hydrogen-bond acceptors (Lipinski definition) is 1. The van der Waals surface area contributed by atoms with Crippen LogP contribution in [0.4, 0.5) is 0 Å². The zero-order valence-electron chi connectivity index (χ0n) is 14.9. The summed E-state index contributed by atoms with van der Waals surface area (Å²) in [6.45, 7) is 13.5. The highest BCUT2D eigenvalue weighted by Crippen LogP contribution is 2.35. The Morgan fingerprint density at radius 3 is 2.00 bits per heavy atom. The zero-order valence-corrected chi connectivity index (χ0v) is 14.9. The summed E-state index contributed by atoms with van der Waals surface area (Å²) < 4.78 is 0. The average Bonchev–Trinajstić information content (AvgIpc) is 2.32. The predicted octanol–water partition coefficient (Wildman–Crippen LogP) is 6.13. The SMILES string of the molecule is CCCCCC(C)(C)Cc1cccc(CC(C)(C)C)c1O. The van der Waals surface area contributed by atoms with Crippen molar-refractivity contribution in [2.75, 3.05) is 0 Å². The van der Waals surface area contributed by atoms with Gasteiger partial charge in [-0.05, 0) is 41.2 Å². The lowest BCUT2D eigenvalue weighted by Gasteiger charge is -2.26. The second-order valence-corrected chi connectivity index (χ2v) is 8.46. The van der Waals surface area contributed by atoms with Crippen LogP contribution in [0.1, 0.15) is 78.4 Å². The minimum absolute atomic E-state index is 0.201. The van der Waals surface area contributed by atoms with Crippen molar-refractivity contribution in [2.45, 2.75) is 80.1 Å². The Bertz CT molecular complexity index is 438. The highest BCUT2D eigenvalue weighted by molar-refractivity contribution is 5.41. The van der Waals surface area contributed by atoms with E-state index in [1.807, 2.05) is 0 Å². The molecule has 0 saturated heterocycles. The fourth-order valence-electron chi connectivity index (χ4n) is 2.96. The summed E-state index contributed by atoms with van der Waals surface area (Å²) in [6, 6.07) is 6.25. The molecule has 0 atom stereocenters. The van der Waals surface area contributed by atoms with Crippen LogP contribution < -0.4 is 0 Å². The van der Waals surface area contributed by atoms with Crippen LogP contribution in [0.3, 0.4) is 0 Å². The maximum Gasteiger partial charge on any atom is 0.121 e. The van der Waals surface area contributed by atoms with Crippen molar-refractivity contribution in [2.24, 2.45) is 10.8 Å². The van der Waals surface area contributed by atoms with E-state index in [1.54, 1.807) is 0 Å². The van der Waals surface area contributed by atoms with Crippen LogP contribution in [-0.2, 0) is 12.8 Å². The molecule has 0 fully saturated rings. The van der Waals surface area contributed by atoms with Crippen molar-refractivity contribution in [1.29, 1.82) is 0 Å². The molecule has 0 aliphatic carbocycles. The van der Waals surface area contributed by atoms with E-state index >= 15 is 0 Å². The summed E-state index contributed by atoms with van der Waals surface area (Å²) in [6.07, 6.45) is 6.96. The number of benzene rings is 1. The molecule has 0 amide bonds. The van der Waals surface area contributed by atoms with Crippen molar-refractivity contribution in [3.05, 3.63) is 29.3 Å². The number of phenols is 1. The van der Waals surface area contributed by atoms with Crippen LogP contribution in [0, 0.1) is 10.8 Å². The van der Waals surface area contributed by atoms with E-state index in [-0.39, 0.29) is 10.8 Å². The maximum atomic E-state index is 10.6. The van der Waals surface area contributed by atoms with Gasteiger partial charge < -0.3 is 5.11 Å². The molecule has 0 aliphatic heterocycles. The van der Waals surface area contributed by atoms with Crippen LogP contribution in [-0.4, -0.2) is 5.11 Å². The number of para-hydroxylation sites is 1. The lowest BCUT2D eigenvalue weighted by molar-refractivity contribution is 0.312. The molecule has 1 aromatic rings. The van der Waals surface area contributed by atoms with Gasteiger partial charge in [0.25, 0.3) is 0 Å². The van der Waals surface area contributed by atoms with E-state index in [2.05, 4.69) is 59.7 Å². The third-order valence-corrected chi connectivity index (χ3v) is 4.05. The fourth-order valence-corrected chi connectivity index (χ4v) is 2.96. The zero-order chi connectivity index (χ0) is 16.1. The summed E-state index contributed by atoms with van der Waals surface area (Å²) in [4.78, 5) is 0. The number of phenolic OH excluding ortho intramolecular Hbond substituents is 1. The minimum Gasteiger partial charge on any atom is -0.507 e. The average molecular weight is 290 g/mol. The van der Waals surface area contributed by atoms with Gasteiger partial charge in [0.1, 0.15) is 5.75 Å². The van der Waals surface area contributed by atoms with Gasteiger partial charge >= 0.3 is 0 Å². The summed E-state index contributed by atoms with van der Waals surface area (Å²) >= 11 is 0. The first-order valence-electron chi connectivity index (χ1n) is 8.44. The first kappa shape index (κ1) is 18.1. The first-order chi connectivity index (χ1) is 9.64. The lowest BCUT2D eigenvalue weighted by Crippen LogP contribution is -2.16. The largest absolute Gasteiger partial charge is 0.507 e. The van der Waals surface area contributed by atoms with Crippen molar-refractivity contribution in [1.82, 2.24) is 0 Å². The molecule has 1 N–H and O–H groups in total. The van der Waals surface area contributed by atoms with E-state index in [0.29, 0.717) is 5.75 Å². The minimum atomic E-state index is 0.201. The van der Waals surface area contributed by atoms with E-state index in [0.717, 1.165) is 24.0 Å². The van der Waals surface area contributed by atoms with E-state index in [4.69, 9.17) is 0 Å². The van der Waals surface area contributed by atoms with Crippen molar-refractivity contribution in [3.63, 3.8) is 0 Å². The van der Waals surface area contributed by atoms with E-state index < -0.39 is 0 Å². The van der Waals surface area contributed by atoms with Gasteiger partial charge in [0.15, 0.2) is 0 Å². The van der Waals surface area contributed by atoms with Crippen LogP contribution in [0.25, 0.3) is 0 Å². The summed E-state index contributed by atoms with van der Waals surface area (Å²) in [5.41, 5.74) is 2.65. The van der Waals surface area contributed by atoms with Crippen LogP contribution in [0.2, 0.25) is 0 Å². The first-order valence-corrected chi connectivity index (χ1v) is 8.44. The topological polar surface area (TPSA) is 20.2 Å². The quantitative estimate of drug-likeness (QED) is 0.599. The summed E-state index contributed by atoms with van der Waals surface area (Å²) in [7, 11) is 0. The Hall–Kier alpha value is -0.980. The van der Waals surface area contributed by atoms with E-state index in [1.165, 1.54) is 25.7 Å². The third-order valence-electron chi connectivity index (χ3n) is 4.05. The van der Waals surface area contributed by atoms with Crippen molar-refractivity contribution in [3.8, 4) is 5.75 Å². The Morgan fingerprint density at radius 2 is 1.48 bits per heavy atom. The molecule has 0 spiro atoms. The molecule has 0 aliphatic rings. The monoisotopic (exact) mass is 290 g/mol. The van der Waals surface area contributed by atoms with Gasteiger partial charge in [0.05, 0.1) is 0 Å². The van der Waals surface area contributed by atoms with Gasteiger partial charge in [-0.25, -0.2) is 0 Å². The molecule has 1 nitrogen and oxygen atoms in total. The van der Waals surface area contributed by atoms with Gasteiger partial charge in [-0.2, -0.15) is 0 Å². The second kappa shape index (κ2) is 7.33. The van der Waals surface area contributed by atoms with Crippen LogP contribution in [0.15, 0.2) is 18.2 Å². The lowest BCUT2D eigenvalue weighted by atomic mass is 9.79. The Labute approximate surface area is 131 Å². The summed E-state index contributed by atoms with van der Waals surface area (Å²) in [5.74, 6) is 0.524. The smallest absolute Gasteiger partial charge is 0.121 e. The van der Waals surface area contributed by atoms with Gasteiger partial charge in [-0.15, -0.1) is 0 Å². The van der Waals surface area contributed by atoms with Gasteiger partial charge in [-0.3, -0.25) is 0 Å².